The molecule has 0 aliphatic carbocycles. The second-order valence-corrected chi connectivity index (χ2v) is 9.67. The molecule has 7 heteroatoms. The largest absolute Gasteiger partial charge is 0.381 e. The van der Waals surface area contributed by atoms with Crippen LogP contribution in [0, 0.1) is 12.8 Å². The van der Waals surface area contributed by atoms with E-state index in [2.05, 4.69) is 64.8 Å². The second kappa shape index (κ2) is 9.32. The molecule has 1 aliphatic heterocycles. The number of aromatic nitrogens is 2. The molecule has 3 aromatic rings. The summed E-state index contributed by atoms with van der Waals surface area (Å²) in [5.74, 6) is 1.16. The molecule has 0 spiro atoms. The molecule has 0 saturated carbocycles. The van der Waals surface area contributed by atoms with Gasteiger partial charge in [-0.05, 0) is 36.8 Å². The summed E-state index contributed by atoms with van der Waals surface area (Å²) in [6, 6.07) is 10.7. The van der Waals surface area contributed by atoms with E-state index < -0.39 is 0 Å². The van der Waals surface area contributed by atoms with Crippen molar-refractivity contribution in [3.05, 3.63) is 52.7 Å². The molecule has 0 unspecified atom stereocenters. The van der Waals surface area contributed by atoms with Gasteiger partial charge in [0.1, 0.15) is 17.0 Å². The Morgan fingerprint density at radius 3 is 2.65 bits per heavy atom. The fourth-order valence-electron chi connectivity index (χ4n) is 4.17. The van der Waals surface area contributed by atoms with Crippen molar-refractivity contribution in [3.63, 3.8) is 0 Å². The lowest BCUT2D eigenvalue weighted by molar-refractivity contribution is 0.0544. The minimum Gasteiger partial charge on any atom is -0.381 e. The van der Waals surface area contributed by atoms with E-state index in [1.54, 1.807) is 6.33 Å². The normalized spacial score (nSPS) is 15.9. The van der Waals surface area contributed by atoms with Crippen LogP contribution in [-0.4, -0.2) is 42.2 Å². The van der Waals surface area contributed by atoms with E-state index in [0.29, 0.717) is 17.3 Å². The van der Waals surface area contributed by atoms with Gasteiger partial charge < -0.3 is 15.4 Å². The molecule has 6 nitrogen and oxygen atoms in total. The number of carbonyl (C=O) groups excluding carboxylic acids is 1. The van der Waals surface area contributed by atoms with Crippen molar-refractivity contribution in [3.8, 4) is 0 Å². The first-order valence-corrected chi connectivity index (χ1v) is 11.7. The Balaban J connectivity index is 1.61. The summed E-state index contributed by atoms with van der Waals surface area (Å²) in [6.07, 6.45) is 3.50. The molecular weight excluding hydrogens is 408 g/mol. The lowest BCUT2D eigenvalue weighted by Crippen LogP contribution is -2.40. The molecule has 1 fully saturated rings. The lowest BCUT2D eigenvalue weighted by Gasteiger charge is -2.38. The zero-order chi connectivity index (χ0) is 21.8. The minimum atomic E-state index is -0.0367. The maximum Gasteiger partial charge on any atom is 0.261 e. The van der Waals surface area contributed by atoms with Crippen LogP contribution in [0.25, 0.3) is 10.2 Å². The number of hydrogen-bond acceptors (Lipinski definition) is 6. The third-order valence-corrected chi connectivity index (χ3v) is 7.23. The fraction of sp³-hybridized carbons (Fsp3) is 0.458. The summed E-state index contributed by atoms with van der Waals surface area (Å²) in [7, 11) is 0. The van der Waals surface area contributed by atoms with Crippen LogP contribution in [0.2, 0.25) is 0 Å². The Hall–Kier alpha value is -2.51. The highest BCUT2D eigenvalue weighted by Crippen LogP contribution is 2.37. The quantitative estimate of drug-likeness (QED) is 0.566. The molecule has 164 valence electrons. The summed E-state index contributed by atoms with van der Waals surface area (Å²) in [6.45, 7) is 9.09. The Morgan fingerprint density at radius 2 is 1.94 bits per heavy atom. The molecule has 1 saturated heterocycles. The molecule has 1 amide bonds. The maximum atomic E-state index is 12.7. The first-order chi connectivity index (χ1) is 15.0. The average Bonchev–Trinajstić information content (AvgIpc) is 3.14. The number of carbonyl (C=O) groups is 1. The molecule has 31 heavy (non-hydrogen) atoms. The SMILES string of the molecule is Cc1c(C(=O)NCC(C)C)sc2ncnc(NCC3(c4ccccc4)CCOCC3)c12. The van der Waals surface area contributed by atoms with E-state index in [0.717, 1.165) is 54.2 Å². The van der Waals surface area contributed by atoms with Crippen molar-refractivity contribution < 1.29 is 9.53 Å². The number of nitrogens with one attached hydrogen (secondary N) is 2. The van der Waals surface area contributed by atoms with Crippen LogP contribution < -0.4 is 10.6 Å². The molecular formula is C24H30N4O2S. The van der Waals surface area contributed by atoms with E-state index in [9.17, 15) is 4.79 Å². The third-order valence-electron chi connectivity index (χ3n) is 6.03. The number of amides is 1. The molecule has 0 atom stereocenters. The van der Waals surface area contributed by atoms with E-state index in [1.807, 2.05) is 6.92 Å². The summed E-state index contributed by atoms with van der Waals surface area (Å²) in [4.78, 5) is 23.2. The van der Waals surface area contributed by atoms with Crippen LogP contribution in [0.3, 0.4) is 0 Å². The smallest absolute Gasteiger partial charge is 0.261 e. The number of benzene rings is 1. The number of rotatable bonds is 7. The number of fused-ring (bicyclic) bond motifs is 1. The van der Waals surface area contributed by atoms with Gasteiger partial charge in [-0.3, -0.25) is 4.79 Å². The first kappa shape index (κ1) is 21.7. The Morgan fingerprint density at radius 1 is 1.19 bits per heavy atom. The van der Waals surface area contributed by atoms with Gasteiger partial charge >= 0.3 is 0 Å². The maximum absolute atomic E-state index is 12.7. The minimum absolute atomic E-state index is 0.00181. The summed E-state index contributed by atoms with van der Waals surface area (Å²) >= 11 is 1.43. The van der Waals surface area contributed by atoms with Crippen LogP contribution in [0.1, 0.15) is 47.5 Å². The van der Waals surface area contributed by atoms with Gasteiger partial charge in [-0.15, -0.1) is 11.3 Å². The molecule has 4 rings (SSSR count). The van der Waals surface area contributed by atoms with Gasteiger partial charge in [-0.2, -0.15) is 0 Å². The predicted octanol–water partition coefficient (Wildman–Crippen LogP) is 4.55. The zero-order valence-corrected chi connectivity index (χ0v) is 19.2. The topological polar surface area (TPSA) is 76.1 Å². The molecule has 0 bridgehead atoms. The van der Waals surface area contributed by atoms with Gasteiger partial charge in [0.2, 0.25) is 0 Å². The summed E-state index contributed by atoms with van der Waals surface area (Å²) in [5, 5.41) is 7.57. The van der Waals surface area contributed by atoms with Crippen molar-refractivity contribution in [1.82, 2.24) is 15.3 Å². The van der Waals surface area contributed by atoms with Crippen LogP contribution in [0.15, 0.2) is 36.7 Å². The van der Waals surface area contributed by atoms with Crippen molar-refractivity contribution in [2.24, 2.45) is 5.92 Å². The standard InChI is InChI=1S/C24H30N4O2S/c1-16(2)13-25-22(29)20-17(3)19-21(27-15-28-23(19)31-20)26-14-24(9-11-30-12-10-24)18-7-5-4-6-8-18/h4-8,15-16H,9-14H2,1-3H3,(H,25,29)(H,26,27,28). The first-order valence-electron chi connectivity index (χ1n) is 10.9. The third kappa shape index (κ3) is 4.57. The second-order valence-electron chi connectivity index (χ2n) is 8.67. The molecule has 3 heterocycles. The van der Waals surface area contributed by atoms with Gasteiger partial charge in [0, 0.05) is 31.7 Å². The monoisotopic (exact) mass is 438 g/mol. The predicted molar refractivity (Wildman–Crippen MR) is 126 cm³/mol. The van der Waals surface area contributed by atoms with E-state index >= 15 is 0 Å². The molecule has 1 aromatic carbocycles. The summed E-state index contributed by atoms with van der Waals surface area (Å²) in [5.41, 5.74) is 2.26. The number of thiophene rings is 1. The van der Waals surface area contributed by atoms with Crippen LogP contribution in [0.4, 0.5) is 5.82 Å². The highest BCUT2D eigenvalue weighted by Gasteiger charge is 2.34. The van der Waals surface area contributed by atoms with Crippen LogP contribution >= 0.6 is 11.3 Å². The van der Waals surface area contributed by atoms with Crippen LogP contribution in [-0.2, 0) is 10.2 Å². The Labute approximate surface area is 187 Å². The van der Waals surface area contributed by atoms with Crippen LogP contribution in [0.5, 0.6) is 0 Å². The number of ether oxygens (including phenoxy) is 1. The van der Waals surface area contributed by atoms with E-state index in [4.69, 9.17) is 4.74 Å². The molecule has 1 aliphatic rings. The van der Waals surface area contributed by atoms with Crippen molar-refractivity contribution in [2.45, 2.75) is 39.0 Å². The van der Waals surface area contributed by atoms with Gasteiger partial charge in [-0.25, -0.2) is 9.97 Å². The molecule has 2 aromatic heterocycles. The molecule has 2 N–H and O–H groups in total. The number of nitrogens with zero attached hydrogens (tertiary/aromatic N) is 2. The fourth-order valence-corrected chi connectivity index (χ4v) is 5.24. The van der Waals surface area contributed by atoms with E-state index in [-0.39, 0.29) is 11.3 Å². The average molecular weight is 439 g/mol. The van der Waals surface area contributed by atoms with Crippen molar-refractivity contribution in [2.75, 3.05) is 31.6 Å². The number of hydrogen-bond donors (Lipinski definition) is 2. The summed E-state index contributed by atoms with van der Waals surface area (Å²) < 4.78 is 5.66. The molecule has 0 radical (unpaired) electrons. The van der Waals surface area contributed by atoms with Crippen molar-refractivity contribution in [1.29, 1.82) is 0 Å². The van der Waals surface area contributed by atoms with Gasteiger partial charge in [-0.1, -0.05) is 44.2 Å². The van der Waals surface area contributed by atoms with Crippen molar-refractivity contribution >= 4 is 33.3 Å². The van der Waals surface area contributed by atoms with Gasteiger partial charge in [0.15, 0.2) is 0 Å². The highest BCUT2D eigenvalue weighted by molar-refractivity contribution is 7.20. The number of anilines is 1. The van der Waals surface area contributed by atoms with Gasteiger partial charge in [0.05, 0.1) is 10.3 Å². The van der Waals surface area contributed by atoms with Gasteiger partial charge in [0.25, 0.3) is 5.91 Å². The highest BCUT2D eigenvalue weighted by atomic mass is 32.1. The Bertz CT molecular complexity index is 1040. The number of aryl methyl sites for hydroxylation is 1. The lowest BCUT2D eigenvalue weighted by atomic mass is 9.74. The Kier molecular flexibility index (Phi) is 6.53. The van der Waals surface area contributed by atoms with E-state index in [1.165, 1.54) is 16.9 Å². The zero-order valence-electron chi connectivity index (χ0n) is 18.4.